The van der Waals surface area contributed by atoms with E-state index in [1.165, 1.54) is 0 Å². The molecular weight excluding hydrogens is 362 g/mol. The molecule has 142 valence electrons. The fraction of sp³-hybridized carbons (Fsp3) is 0.333. The quantitative estimate of drug-likeness (QED) is 0.682. The number of para-hydroxylation sites is 2. The SMILES string of the molecule is CC(C)(C)C(=O)NCc1nc2ccccc2n1CCOc1ccc(Cl)cc1. The van der Waals surface area contributed by atoms with Crippen molar-refractivity contribution in [3.05, 3.63) is 59.4 Å². The first-order chi connectivity index (χ1) is 12.8. The van der Waals surface area contributed by atoms with Gasteiger partial charge in [-0.25, -0.2) is 4.98 Å². The van der Waals surface area contributed by atoms with E-state index >= 15 is 0 Å². The molecule has 0 atom stereocenters. The number of ether oxygens (including phenoxy) is 1. The number of fused-ring (bicyclic) bond motifs is 1. The fourth-order valence-electron chi connectivity index (χ4n) is 2.72. The van der Waals surface area contributed by atoms with Crippen molar-refractivity contribution in [1.82, 2.24) is 14.9 Å². The van der Waals surface area contributed by atoms with Gasteiger partial charge in [-0.15, -0.1) is 0 Å². The Labute approximate surface area is 164 Å². The molecule has 1 N–H and O–H groups in total. The Morgan fingerprint density at radius 1 is 1.15 bits per heavy atom. The smallest absolute Gasteiger partial charge is 0.225 e. The van der Waals surface area contributed by atoms with Gasteiger partial charge in [0.1, 0.15) is 18.2 Å². The van der Waals surface area contributed by atoms with E-state index in [0.717, 1.165) is 22.6 Å². The minimum atomic E-state index is -0.436. The van der Waals surface area contributed by atoms with Crippen LogP contribution in [0.1, 0.15) is 26.6 Å². The van der Waals surface area contributed by atoms with Crippen LogP contribution in [0.25, 0.3) is 11.0 Å². The van der Waals surface area contributed by atoms with Crippen molar-refractivity contribution < 1.29 is 9.53 Å². The molecule has 0 bridgehead atoms. The molecule has 1 heterocycles. The van der Waals surface area contributed by atoms with Gasteiger partial charge in [-0.05, 0) is 36.4 Å². The largest absolute Gasteiger partial charge is 0.492 e. The van der Waals surface area contributed by atoms with Crippen molar-refractivity contribution in [2.45, 2.75) is 33.9 Å². The molecule has 3 aromatic rings. The van der Waals surface area contributed by atoms with Gasteiger partial charge in [0.15, 0.2) is 0 Å². The van der Waals surface area contributed by atoms with E-state index in [9.17, 15) is 4.79 Å². The number of imidazole rings is 1. The molecule has 27 heavy (non-hydrogen) atoms. The Hall–Kier alpha value is -2.53. The summed E-state index contributed by atoms with van der Waals surface area (Å²) in [7, 11) is 0. The minimum absolute atomic E-state index is 0.00137. The normalized spacial score (nSPS) is 11.6. The lowest BCUT2D eigenvalue weighted by atomic mass is 9.96. The Morgan fingerprint density at radius 2 is 1.85 bits per heavy atom. The standard InChI is InChI=1S/C21H24ClN3O2/c1-21(2,3)20(26)23-14-19-24-17-6-4-5-7-18(17)25(19)12-13-27-16-10-8-15(22)9-11-16/h4-11H,12-14H2,1-3H3,(H,23,26). The Morgan fingerprint density at radius 3 is 2.56 bits per heavy atom. The third-order valence-corrected chi connectivity index (χ3v) is 4.47. The van der Waals surface area contributed by atoms with Crippen LogP contribution in [0, 0.1) is 5.41 Å². The summed E-state index contributed by atoms with van der Waals surface area (Å²) in [6.07, 6.45) is 0. The molecule has 3 rings (SSSR count). The highest BCUT2D eigenvalue weighted by molar-refractivity contribution is 6.30. The molecule has 0 saturated heterocycles. The maximum atomic E-state index is 12.2. The summed E-state index contributed by atoms with van der Waals surface area (Å²) in [5, 5.41) is 3.66. The van der Waals surface area contributed by atoms with Gasteiger partial charge >= 0.3 is 0 Å². The molecular formula is C21H24ClN3O2. The zero-order valence-corrected chi connectivity index (χ0v) is 16.6. The number of amides is 1. The number of nitrogens with zero attached hydrogens (tertiary/aromatic N) is 2. The predicted octanol–water partition coefficient (Wildman–Crippen LogP) is 4.43. The number of aromatic nitrogens is 2. The van der Waals surface area contributed by atoms with Crippen molar-refractivity contribution in [3.63, 3.8) is 0 Å². The molecule has 2 aromatic carbocycles. The average molecular weight is 386 g/mol. The topological polar surface area (TPSA) is 56.2 Å². The summed E-state index contributed by atoms with van der Waals surface area (Å²) >= 11 is 5.90. The first-order valence-electron chi connectivity index (χ1n) is 8.95. The van der Waals surface area contributed by atoms with Crippen molar-refractivity contribution in [2.24, 2.45) is 5.41 Å². The van der Waals surface area contributed by atoms with E-state index in [1.54, 1.807) is 12.1 Å². The first kappa shape index (κ1) is 19.2. The highest BCUT2D eigenvalue weighted by Crippen LogP contribution is 2.19. The van der Waals surface area contributed by atoms with Crippen LogP contribution in [-0.2, 0) is 17.9 Å². The number of hydrogen-bond donors (Lipinski definition) is 1. The summed E-state index contributed by atoms with van der Waals surface area (Å²) in [5.74, 6) is 1.58. The lowest BCUT2D eigenvalue weighted by molar-refractivity contribution is -0.128. The highest BCUT2D eigenvalue weighted by atomic mass is 35.5. The molecule has 0 radical (unpaired) electrons. The number of halogens is 1. The van der Waals surface area contributed by atoms with Crippen LogP contribution in [0.5, 0.6) is 5.75 Å². The third-order valence-electron chi connectivity index (χ3n) is 4.22. The van der Waals surface area contributed by atoms with Gasteiger partial charge < -0.3 is 14.6 Å². The first-order valence-corrected chi connectivity index (χ1v) is 9.33. The summed E-state index contributed by atoms with van der Waals surface area (Å²) < 4.78 is 7.91. The zero-order valence-electron chi connectivity index (χ0n) is 15.8. The molecule has 5 nitrogen and oxygen atoms in total. The molecule has 6 heteroatoms. The summed E-state index contributed by atoms with van der Waals surface area (Å²) in [6.45, 7) is 7.18. The fourth-order valence-corrected chi connectivity index (χ4v) is 2.85. The second-order valence-electron chi connectivity index (χ2n) is 7.40. The number of nitrogens with one attached hydrogen (secondary N) is 1. The van der Waals surface area contributed by atoms with Crippen LogP contribution in [-0.4, -0.2) is 22.1 Å². The van der Waals surface area contributed by atoms with Crippen molar-refractivity contribution in [2.75, 3.05) is 6.61 Å². The second-order valence-corrected chi connectivity index (χ2v) is 7.84. The summed E-state index contributed by atoms with van der Waals surface area (Å²) in [5.41, 5.74) is 1.50. The third kappa shape index (κ3) is 4.80. The van der Waals surface area contributed by atoms with Crippen molar-refractivity contribution >= 4 is 28.5 Å². The zero-order chi connectivity index (χ0) is 19.4. The number of carbonyl (C=O) groups excluding carboxylic acids is 1. The molecule has 0 aliphatic carbocycles. The average Bonchev–Trinajstić information content (AvgIpc) is 2.98. The van der Waals surface area contributed by atoms with Crippen LogP contribution >= 0.6 is 11.6 Å². The van der Waals surface area contributed by atoms with E-state index < -0.39 is 5.41 Å². The summed E-state index contributed by atoms with van der Waals surface area (Å²) in [4.78, 5) is 16.9. The summed E-state index contributed by atoms with van der Waals surface area (Å²) in [6, 6.07) is 15.2. The van der Waals surface area contributed by atoms with Gasteiger partial charge in [-0.3, -0.25) is 4.79 Å². The molecule has 1 aromatic heterocycles. The van der Waals surface area contributed by atoms with Gasteiger partial charge in [0.2, 0.25) is 5.91 Å². The van der Waals surface area contributed by atoms with Crippen LogP contribution in [0.15, 0.2) is 48.5 Å². The van der Waals surface area contributed by atoms with Crippen LogP contribution in [0.2, 0.25) is 5.02 Å². The number of carbonyl (C=O) groups is 1. The molecule has 0 aliphatic heterocycles. The van der Waals surface area contributed by atoms with Crippen LogP contribution in [0.3, 0.4) is 0 Å². The van der Waals surface area contributed by atoms with Crippen molar-refractivity contribution in [3.8, 4) is 5.75 Å². The van der Waals surface area contributed by atoms with Gasteiger partial charge in [-0.2, -0.15) is 0 Å². The van der Waals surface area contributed by atoms with Crippen LogP contribution < -0.4 is 10.1 Å². The Kier molecular flexibility index (Phi) is 5.71. The molecule has 1 amide bonds. The van der Waals surface area contributed by atoms with E-state index in [-0.39, 0.29) is 5.91 Å². The van der Waals surface area contributed by atoms with E-state index in [0.29, 0.717) is 24.7 Å². The van der Waals surface area contributed by atoms with Gasteiger partial charge in [0.25, 0.3) is 0 Å². The molecule has 0 spiro atoms. The predicted molar refractivity (Wildman–Crippen MR) is 108 cm³/mol. The van der Waals surface area contributed by atoms with Gasteiger partial charge in [0.05, 0.1) is 24.1 Å². The second kappa shape index (κ2) is 8.01. The lowest BCUT2D eigenvalue weighted by Crippen LogP contribution is -2.35. The van der Waals surface area contributed by atoms with E-state index in [2.05, 4.69) is 14.9 Å². The number of hydrogen-bond acceptors (Lipinski definition) is 3. The van der Waals surface area contributed by atoms with Crippen molar-refractivity contribution in [1.29, 1.82) is 0 Å². The van der Waals surface area contributed by atoms with Crippen LogP contribution in [0.4, 0.5) is 0 Å². The number of rotatable bonds is 6. The molecule has 0 fully saturated rings. The molecule has 0 aliphatic rings. The highest BCUT2D eigenvalue weighted by Gasteiger charge is 2.21. The lowest BCUT2D eigenvalue weighted by Gasteiger charge is -2.18. The van der Waals surface area contributed by atoms with E-state index in [4.69, 9.17) is 16.3 Å². The molecule has 0 unspecified atom stereocenters. The molecule has 0 saturated carbocycles. The van der Waals surface area contributed by atoms with E-state index in [1.807, 2.05) is 57.2 Å². The Balaban J connectivity index is 1.74. The number of benzene rings is 2. The Bertz CT molecular complexity index is 927. The maximum Gasteiger partial charge on any atom is 0.225 e. The maximum absolute atomic E-state index is 12.2. The minimum Gasteiger partial charge on any atom is -0.492 e. The van der Waals surface area contributed by atoms with Gasteiger partial charge in [0, 0.05) is 10.4 Å². The van der Waals surface area contributed by atoms with Gasteiger partial charge in [-0.1, -0.05) is 44.5 Å². The monoisotopic (exact) mass is 385 g/mol.